The Morgan fingerprint density at radius 3 is 2.50 bits per heavy atom. The van der Waals surface area contributed by atoms with Crippen LogP contribution in [0, 0.1) is 11.3 Å². The van der Waals surface area contributed by atoms with Gasteiger partial charge in [-0.25, -0.2) is 4.79 Å². The third kappa shape index (κ3) is 4.29. The third-order valence-electron chi connectivity index (χ3n) is 3.79. The summed E-state index contributed by atoms with van der Waals surface area (Å²) in [7, 11) is 0. The molecule has 3 aromatic rings. The number of halogens is 1. The number of hydrogen-bond acceptors (Lipinski definition) is 4. The number of carboxylic acid groups (broad SMARTS) is 1. The summed E-state index contributed by atoms with van der Waals surface area (Å²) in [4.78, 5) is 23.3. The van der Waals surface area contributed by atoms with Crippen LogP contribution in [0.4, 0.5) is 5.69 Å². The topological polar surface area (TPSA) is 103 Å². The molecular weight excluding hydrogens is 380 g/mol. The first-order chi connectivity index (χ1) is 13.5. The van der Waals surface area contributed by atoms with E-state index in [0.717, 1.165) is 0 Å². The molecule has 0 aliphatic heterocycles. The number of furan rings is 1. The average molecular weight is 393 g/mol. The smallest absolute Gasteiger partial charge is 0.337 e. The van der Waals surface area contributed by atoms with E-state index in [1.807, 2.05) is 12.1 Å². The number of hydrogen-bond donors (Lipinski definition) is 2. The Balaban J connectivity index is 1.82. The molecule has 28 heavy (non-hydrogen) atoms. The first-order valence-electron chi connectivity index (χ1n) is 8.09. The fourth-order valence-electron chi connectivity index (χ4n) is 2.44. The molecule has 2 aromatic carbocycles. The zero-order valence-electron chi connectivity index (χ0n) is 14.3. The van der Waals surface area contributed by atoms with Gasteiger partial charge >= 0.3 is 5.97 Å². The summed E-state index contributed by atoms with van der Waals surface area (Å²) in [5, 5.41) is 21.0. The maximum atomic E-state index is 12.3. The summed E-state index contributed by atoms with van der Waals surface area (Å²) < 4.78 is 5.64. The highest BCUT2D eigenvalue weighted by molar-refractivity contribution is 6.33. The summed E-state index contributed by atoms with van der Waals surface area (Å²) in [5.41, 5.74) is 1.01. The lowest BCUT2D eigenvalue weighted by Crippen LogP contribution is -2.13. The summed E-state index contributed by atoms with van der Waals surface area (Å²) in [6, 6.07) is 18.3. The van der Waals surface area contributed by atoms with E-state index < -0.39 is 11.9 Å². The fraction of sp³-hybridized carbons (Fsp3) is 0. The second kappa shape index (κ2) is 8.25. The molecule has 0 radical (unpaired) electrons. The number of carbonyl (C=O) groups is 2. The number of nitriles is 1. The van der Waals surface area contributed by atoms with Crippen LogP contribution in [0.25, 0.3) is 17.4 Å². The minimum Gasteiger partial charge on any atom is -0.478 e. The van der Waals surface area contributed by atoms with E-state index in [2.05, 4.69) is 5.32 Å². The van der Waals surface area contributed by atoms with Crippen LogP contribution in [0.2, 0.25) is 5.02 Å². The van der Waals surface area contributed by atoms with Crippen molar-refractivity contribution in [2.75, 3.05) is 5.32 Å². The number of nitrogens with one attached hydrogen (secondary N) is 1. The van der Waals surface area contributed by atoms with Gasteiger partial charge in [-0.15, -0.1) is 0 Å². The van der Waals surface area contributed by atoms with E-state index >= 15 is 0 Å². The summed E-state index contributed by atoms with van der Waals surface area (Å²) in [6.45, 7) is 0. The number of benzene rings is 2. The minimum atomic E-state index is -1.12. The second-order valence-corrected chi connectivity index (χ2v) is 6.10. The van der Waals surface area contributed by atoms with Crippen LogP contribution in [-0.4, -0.2) is 17.0 Å². The Bertz CT molecular complexity index is 1110. The molecule has 0 fully saturated rings. The van der Waals surface area contributed by atoms with Crippen molar-refractivity contribution in [2.24, 2.45) is 0 Å². The number of nitrogens with zero attached hydrogens (tertiary/aromatic N) is 1. The zero-order valence-corrected chi connectivity index (χ0v) is 15.1. The standard InChI is InChI=1S/C21H13ClN2O4/c22-18-11-13(6-8-17(18)21(26)27)19-9-7-16(28-19)10-14(12-23)20(25)24-15-4-2-1-3-5-15/h1-11H,(H,24,25)(H,26,27)/b14-10+. The summed E-state index contributed by atoms with van der Waals surface area (Å²) >= 11 is 5.98. The lowest BCUT2D eigenvalue weighted by Gasteiger charge is -2.03. The monoisotopic (exact) mass is 392 g/mol. The van der Waals surface area contributed by atoms with E-state index in [1.54, 1.807) is 42.5 Å². The maximum absolute atomic E-state index is 12.3. The number of carbonyl (C=O) groups excluding carboxylic acids is 1. The van der Waals surface area contributed by atoms with Gasteiger partial charge in [-0.3, -0.25) is 4.79 Å². The Morgan fingerprint density at radius 1 is 1.11 bits per heavy atom. The van der Waals surface area contributed by atoms with Crippen molar-refractivity contribution in [3.05, 3.63) is 82.6 Å². The van der Waals surface area contributed by atoms with Crippen molar-refractivity contribution in [3.63, 3.8) is 0 Å². The molecule has 0 unspecified atom stereocenters. The number of carboxylic acids is 1. The van der Waals surface area contributed by atoms with E-state index in [9.17, 15) is 14.9 Å². The van der Waals surface area contributed by atoms with Crippen molar-refractivity contribution in [1.29, 1.82) is 5.26 Å². The molecule has 0 saturated heterocycles. The lowest BCUT2D eigenvalue weighted by molar-refractivity contribution is -0.112. The predicted molar refractivity (Wildman–Crippen MR) is 105 cm³/mol. The van der Waals surface area contributed by atoms with Gasteiger partial charge in [0.2, 0.25) is 0 Å². The Hall–Kier alpha value is -3.82. The number of amides is 1. The molecule has 0 bridgehead atoms. The van der Waals surface area contributed by atoms with Crippen LogP contribution >= 0.6 is 11.6 Å². The van der Waals surface area contributed by atoms with Gasteiger partial charge in [-0.2, -0.15) is 5.26 Å². The normalized spacial score (nSPS) is 10.9. The fourth-order valence-corrected chi connectivity index (χ4v) is 2.70. The maximum Gasteiger partial charge on any atom is 0.337 e. The molecule has 7 heteroatoms. The minimum absolute atomic E-state index is 0.0126. The van der Waals surface area contributed by atoms with E-state index in [4.69, 9.17) is 21.1 Å². The van der Waals surface area contributed by atoms with E-state index in [0.29, 0.717) is 22.8 Å². The molecule has 0 spiro atoms. The lowest BCUT2D eigenvalue weighted by atomic mass is 10.1. The molecule has 0 atom stereocenters. The highest BCUT2D eigenvalue weighted by atomic mass is 35.5. The van der Waals surface area contributed by atoms with Crippen LogP contribution in [0.15, 0.2) is 70.7 Å². The van der Waals surface area contributed by atoms with Gasteiger partial charge in [0, 0.05) is 17.3 Å². The number of rotatable bonds is 5. The van der Waals surface area contributed by atoms with Gasteiger partial charge < -0.3 is 14.8 Å². The molecule has 0 saturated carbocycles. The van der Waals surface area contributed by atoms with Gasteiger partial charge in [0.1, 0.15) is 23.2 Å². The highest BCUT2D eigenvalue weighted by Crippen LogP contribution is 2.28. The molecule has 6 nitrogen and oxygen atoms in total. The Kier molecular flexibility index (Phi) is 5.58. The van der Waals surface area contributed by atoms with Gasteiger partial charge in [-0.05, 0) is 36.4 Å². The molecule has 1 aromatic heterocycles. The molecule has 1 amide bonds. The number of aromatic carboxylic acids is 1. The number of anilines is 1. The largest absolute Gasteiger partial charge is 0.478 e. The van der Waals surface area contributed by atoms with Crippen molar-refractivity contribution in [1.82, 2.24) is 0 Å². The van der Waals surface area contributed by atoms with Gasteiger partial charge in [0.05, 0.1) is 10.6 Å². The molecule has 3 rings (SSSR count). The Labute approximate surface area is 165 Å². The molecule has 2 N–H and O–H groups in total. The molecule has 138 valence electrons. The van der Waals surface area contributed by atoms with Crippen LogP contribution in [0.3, 0.4) is 0 Å². The average Bonchev–Trinajstić information content (AvgIpc) is 3.15. The van der Waals surface area contributed by atoms with Gasteiger partial charge in [-0.1, -0.05) is 35.9 Å². The molecule has 0 aliphatic rings. The van der Waals surface area contributed by atoms with Crippen molar-refractivity contribution in [2.45, 2.75) is 0 Å². The van der Waals surface area contributed by atoms with Crippen LogP contribution < -0.4 is 5.32 Å². The quantitative estimate of drug-likeness (QED) is 0.477. The highest BCUT2D eigenvalue weighted by Gasteiger charge is 2.13. The van der Waals surface area contributed by atoms with Crippen LogP contribution in [0.1, 0.15) is 16.1 Å². The molecule has 0 aliphatic carbocycles. The first-order valence-corrected chi connectivity index (χ1v) is 8.47. The van der Waals surface area contributed by atoms with Crippen LogP contribution in [0.5, 0.6) is 0 Å². The van der Waals surface area contributed by atoms with Crippen molar-refractivity contribution in [3.8, 4) is 17.4 Å². The van der Waals surface area contributed by atoms with Crippen LogP contribution in [-0.2, 0) is 4.79 Å². The SMILES string of the molecule is N#C/C(=C\c1ccc(-c2ccc(C(=O)O)c(Cl)c2)o1)C(=O)Nc1ccccc1. The zero-order chi connectivity index (χ0) is 20.1. The summed E-state index contributed by atoms with van der Waals surface area (Å²) in [6.07, 6.45) is 1.33. The predicted octanol–water partition coefficient (Wildman–Crippen LogP) is 4.84. The third-order valence-corrected chi connectivity index (χ3v) is 4.11. The van der Waals surface area contributed by atoms with Gasteiger partial charge in [0.25, 0.3) is 5.91 Å². The molecular formula is C21H13ClN2O4. The number of para-hydroxylation sites is 1. The van der Waals surface area contributed by atoms with Crippen molar-refractivity contribution >= 4 is 35.2 Å². The second-order valence-electron chi connectivity index (χ2n) is 5.69. The Morgan fingerprint density at radius 2 is 1.86 bits per heavy atom. The first kappa shape index (κ1) is 19.0. The summed E-state index contributed by atoms with van der Waals surface area (Å²) in [5.74, 6) is -0.956. The molecule has 1 heterocycles. The van der Waals surface area contributed by atoms with E-state index in [-0.39, 0.29) is 16.2 Å². The van der Waals surface area contributed by atoms with Crippen molar-refractivity contribution < 1.29 is 19.1 Å². The van der Waals surface area contributed by atoms with E-state index in [1.165, 1.54) is 18.2 Å². The van der Waals surface area contributed by atoms with Gasteiger partial charge in [0.15, 0.2) is 0 Å².